The van der Waals surface area contributed by atoms with Gasteiger partial charge in [-0.1, -0.05) is 10.5 Å². The van der Waals surface area contributed by atoms with E-state index in [9.17, 15) is 17.7 Å². The zero-order chi connectivity index (χ0) is 10.8. The molecule has 14 heavy (non-hydrogen) atoms. The first-order valence-electron chi connectivity index (χ1n) is 3.49. The summed E-state index contributed by atoms with van der Waals surface area (Å²) in [6.07, 6.45) is 0. The second-order valence-electron chi connectivity index (χ2n) is 2.50. The van der Waals surface area contributed by atoms with Crippen molar-refractivity contribution in [1.29, 1.82) is 0 Å². The number of hydrogen-bond donors (Lipinski definition) is 2. The number of sulfonamides is 1. The minimum absolute atomic E-state index is 0.112. The summed E-state index contributed by atoms with van der Waals surface area (Å²) in [6, 6.07) is 4.77. The van der Waals surface area contributed by atoms with Gasteiger partial charge in [0.25, 0.3) is 5.91 Å². The van der Waals surface area contributed by atoms with Crippen LogP contribution in [-0.2, 0) is 10.0 Å². The number of amides is 1. The van der Waals surface area contributed by atoms with Crippen LogP contribution in [0.4, 0.5) is 4.48 Å². The number of nitrogens with two attached hydrogens (primary N) is 1. The predicted molar refractivity (Wildman–Crippen MR) is 46.4 cm³/mol. The fourth-order valence-electron chi connectivity index (χ4n) is 0.869. The molecule has 0 heterocycles. The average molecular weight is 218 g/mol. The van der Waals surface area contributed by atoms with Crippen LogP contribution in [0.2, 0.25) is 0 Å². The van der Waals surface area contributed by atoms with Crippen LogP contribution < -0.4 is 10.7 Å². The summed E-state index contributed by atoms with van der Waals surface area (Å²) in [6.45, 7) is 0. The molecule has 1 aromatic carbocycles. The van der Waals surface area contributed by atoms with E-state index >= 15 is 0 Å². The summed E-state index contributed by atoms with van der Waals surface area (Å²) >= 11 is 0. The van der Waals surface area contributed by atoms with E-state index in [1.165, 1.54) is 18.2 Å². The molecule has 1 rings (SSSR count). The highest BCUT2D eigenvalue weighted by molar-refractivity contribution is 7.89. The minimum atomic E-state index is -3.87. The van der Waals surface area contributed by atoms with E-state index in [2.05, 4.69) is 0 Å². The maximum atomic E-state index is 11.7. The minimum Gasteiger partial charge on any atom is -0.267 e. The van der Waals surface area contributed by atoms with Crippen LogP contribution >= 0.6 is 0 Å². The van der Waals surface area contributed by atoms with Crippen molar-refractivity contribution in [3.8, 4) is 0 Å². The predicted octanol–water partition coefficient (Wildman–Crippen LogP) is -0.0517. The zero-order valence-corrected chi connectivity index (χ0v) is 7.71. The van der Waals surface area contributed by atoms with E-state index in [0.29, 0.717) is 0 Å². The van der Waals surface area contributed by atoms with E-state index in [1.54, 1.807) is 0 Å². The van der Waals surface area contributed by atoms with E-state index < -0.39 is 15.9 Å². The van der Waals surface area contributed by atoms with Crippen molar-refractivity contribution in [2.75, 3.05) is 0 Å². The molecule has 0 atom stereocenters. The third-order valence-electron chi connectivity index (χ3n) is 1.51. The van der Waals surface area contributed by atoms with Crippen LogP contribution in [0, 0.1) is 0 Å². The number of nitrogens with one attached hydrogen (secondary N) is 1. The largest absolute Gasteiger partial charge is 0.278 e. The molecule has 3 N–H and O–H groups in total. The Morgan fingerprint density at radius 3 is 2.57 bits per heavy atom. The van der Waals surface area contributed by atoms with Crippen molar-refractivity contribution < 1.29 is 17.7 Å². The van der Waals surface area contributed by atoms with Gasteiger partial charge in [-0.2, -0.15) is 5.54 Å². The van der Waals surface area contributed by atoms with Crippen LogP contribution in [0.25, 0.3) is 0 Å². The highest BCUT2D eigenvalue weighted by atomic mass is 32.2. The second-order valence-corrected chi connectivity index (χ2v) is 4.06. The molecule has 0 aliphatic heterocycles. The lowest BCUT2D eigenvalue weighted by molar-refractivity contribution is 0.0859. The Balaban J connectivity index is 3.21. The molecule has 0 spiro atoms. The number of benzene rings is 1. The van der Waals surface area contributed by atoms with Gasteiger partial charge in [-0.05, 0) is 18.2 Å². The fraction of sp³-hybridized carbons (Fsp3) is 0. The summed E-state index contributed by atoms with van der Waals surface area (Å²) in [5, 5.41) is 4.81. The van der Waals surface area contributed by atoms with Gasteiger partial charge in [0.05, 0.1) is 4.90 Å². The molecule has 0 unspecified atom stereocenters. The lowest BCUT2D eigenvalue weighted by Gasteiger charge is -2.00. The van der Waals surface area contributed by atoms with Crippen LogP contribution in [-0.4, -0.2) is 14.3 Å². The number of carbonyl (C=O) groups is 1. The number of halogens is 1. The molecular weight excluding hydrogens is 211 g/mol. The molecule has 0 bridgehead atoms. The zero-order valence-electron chi connectivity index (χ0n) is 6.90. The summed E-state index contributed by atoms with van der Waals surface area (Å²) < 4.78 is 33.4. The molecular formula is C7H7FN2O3S. The van der Waals surface area contributed by atoms with Crippen molar-refractivity contribution in [3.05, 3.63) is 29.8 Å². The molecule has 0 fully saturated rings. The molecule has 76 valence electrons. The monoisotopic (exact) mass is 218 g/mol. The smallest absolute Gasteiger partial charge is 0.267 e. The van der Waals surface area contributed by atoms with Gasteiger partial charge in [0, 0.05) is 5.56 Å². The Morgan fingerprint density at radius 2 is 2.07 bits per heavy atom. The fourth-order valence-corrected chi connectivity index (χ4v) is 1.43. The standard InChI is InChI=1S/C7H7FN2O3S/c8-10-7(11)5-2-1-3-6(4-5)14(9,12)13/h1-4H,(H,10,11)(H2,9,12,13). The van der Waals surface area contributed by atoms with Gasteiger partial charge in [-0.15, -0.1) is 0 Å². The van der Waals surface area contributed by atoms with Gasteiger partial charge in [0.15, 0.2) is 0 Å². The SMILES string of the molecule is NS(=O)(=O)c1cccc(C(=O)NF)c1. The quantitative estimate of drug-likeness (QED) is 0.682. The Bertz CT molecular complexity index is 458. The Hall–Kier alpha value is -1.47. The van der Waals surface area contributed by atoms with Crippen molar-refractivity contribution >= 4 is 15.9 Å². The number of rotatable bonds is 2. The molecule has 0 saturated carbocycles. The molecule has 7 heteroatoms. The summed E-state index contributed by atoms with van der Waals surface area (Å²) in [5.41, 5.74) is 0.773. The van der Waals surface area contributed by atoms with Crippen LogP contribution in [0.1, 0.15) is 10.4 Å². The molecule has 0 saturated heterocycles. The molecule has 0 radical (unpaired) electrons. The number of primary sulfonamides is 1. The maximum absolute atomic E-state index is 11.7. The first-order chi connectivity index (χ1) is 6.45. The van der Waals surface area contributed by atoms with Crippen molar-refractivity contribution in [1.82, 2.24) is 5.54 Å². The Kier molecular flexibility index (Phi) is 2.82. The first kappa shape index (κ1) is 10.6. The highest BCUT2D eigenvalue weighted by Crippen LogP contribution is 2.09. The molecule has 0 aliphatic rings. The molecule has 0 aromatic heterocycles. The molecule has 1 amide bonds. The summed E-state index contributed by atoms with van der Waals surface area (Å²) in [4.78, 5) is 10.5. The second kappa shape index (κ2) is 3.72. The van der Waals surface area contributed by atoms with E-state index in [4.69, 9.17) is 5.14 Å². The van der Waals surface area contributed by atoms with Crippen molar-refractivity contribution in [2.24, 2.45) is 5.14 Å². The molecule has 0 aliphatic carbocycles. The maximum Gasteiger partial charge on any atom is 0.278 e. The van der Waals surface area contributed by atoms with Crippen LogP contribution in [0.3, 0.4) is 0 Å². The van der Waals surface area contributed by atoms with Gasteiger partial charge >= 0.3 is 0 Å². The summed E-state index contributed by atoms with van der Waals surface area (Å²) in [7, 11) is -3.87. The Labute approximate surface area is 79.7 Å². The third-order valence-corrected chi connectivity index (χ3v) is 2.42. The molecule has 5 nitrogen and oxygen atoms in total. The topological polar surface area (TPSA) is 89.3 Å². The van der Waals surface area contributed by atoms with Crippen molar-refractivity contribution in [3.63, 3.8) is 0 Å². The summed E-state index contributed by atoms with van der Waals surface area (Å²) in [5.74, 6) is -1.02. The van der Waals surface area contributed by atoms with Gasteiger partial charge in [-0.3, -0.25) is 4.79 Å². The number of carbonyl (C=O) groups excluding carboxylic acids is 1. The van der Waals surface area contributed by atoms with Gasteiger partial charge in [0.2, 0.25) is 10.0 Å². The van der Waals surface area contributed by atoms with E-state index in [-0.39, 0.29) is 10.5 Å². The lowest BCUT2D eigenvalue weighted by Crippen LogP contribution is -2.16. The van der Waals surface area contributed by atoms with Gasteiger partial charge < -0.3 is 0 Å². The van der Waals surface area contributed by atoms with E-state index in [1.807, 2.05) is 0 Å². The van der Waals surface area contributed by atoms with E-state index in [0.717, 1.165) is 11.6 Å². The Morgan fingerprint density at radius 1 is 1.43 bits per heavy atom. The number of hydrogen-bond acceptors (Lipinski definition) is 3. The lowest BCUT2D eigenvalue weighted by atomic mass is 10.2. The highest BCUT2D eigenvalue weighted by Gasteiger charge is 2.11. The van der Waals surface area contributed by atoms with Crippen LogP contribution in [0.15, 0.2) is 29.2 Å². The van der Waals surface area contributed by atoms with Crippen molar-refractivity contribution in [2.45, 2.75) is 4.90 Å². The van der Waals surface area contributed by atoms with Crippen LogP contribution in [0.5, 0.6) is 0 Å². The van der Waals surface area contributed by atoms with Gasteiger partial charge in [0.1, 0.15) is 0 Å². The average Bonchev–Trinajstić information content (AvgIpc) is 2.15. The molecule has 1 aromatic rings. The third kappa shape index (κ3) is 2.27. The first-order valence-corrected chi connectivity index (χ1v) is 5.03. The normalized spacial score (nSPS) is 11.0. The van der Waals surface area contributed by atoms with Gasteiger partial charge in [-0.25, -0.2) is 13.6 Å².